The fourth-order valence-electron chi connectivity index (χ4n) is 3.50. The van der Waals surface area contributed by atoms with Crippen molar-refractivity contribution >= 4 is 29.3 Å². The minimum atomic E-state index is -0.222. The smallest absolute Gasteiger partial charge is 0.273 e. The topological polar surface area (TPSA) is 59.0 Å². The number of nitrogens with zero attached hydrogens (tertiary/aromatic N) is 2. The molecule has 1 amide bonds. The standard InChI is InChI=1S/C25H18N4OS/c30-24-22(26-25(31)27-24)15-17-11-13-20(14-12-17)29-23(19-9-5-2-6-10-19)16-21(28-29)18-7-3-1-4-8-18/h1-16H,(H2,26,27,30,31)/b22-15-. The Balaban J connectivity index is 1.55. The summed E-state index contributed by atoms with van der Waals surface area (Å²) in [5.41, 5.74) is 6.33. The highest BCUT2D eigenvalue weighted by Crippen LogP contribution is 2.28. The fraction of sp³-hybridized carbons (Fsp3) is 0. The van der Waals surface area contributed by atoms with Gasteiger partial charge in [-0.25, -0.2) is 4.68 Å². The third-order valence-corrected chi connectivity index (χ3v) is 5.22. The first-order valence-corrected chi connectivity index (χ1v) is 10.2. The Hall–Kier alpha value is -4.03. The molecule has 2 heterocycles. The number of rotatable bonds is 4. The molecule has 0 saturated carbocycles. The van der Waals surface area contributed by atoms with Crippen molar-refractivity contribution in [1.82, 2.24) is 20.4 Å². The molecule has 1 saturated heterocycles. The molecule has 1 fully saturated rings. The van der Waals surface area contributed by atoms with Gasteiger partial charge in [-0.15, -0.1) is 0 Å². The Labute approximate surface area is 185 Å². The van der Waals surface area contributed by atoms with Crippen molar-refractivity contribution in [2.45, 2.75) is 0 Å². The molecule has 0 radical (unpaired) electrons. The first-order chi connectivity index (χ1) is 15.2. The average molecular weight is 423 g/mol. The van der Waals surface area contributed by atoms with Gasteiger partial charge in [0.1, 0.15) is 5.70 Å². The van der Waals surface area contributed by atoms with Crippen LogP contribution in [0.4, 0.5) is 0 Å². The van der Waals surface area contributed by atoms with Crippen molar-refractivity contribution in [2.24, 2.45) is 0 Å². The Kier molecular flexibility index (Phi) is 4.90. The highest BCUT2D eigenvalue weighted by Gasteiger charge is 2.20. The van der Waals surface area contributed by atoms with Crippen LogP contribution in [0.5, 0.6) is 0 Å². The van der Waals surface area contributed by atoms with Crippen molar-refractivity contribution in [1.29, 1.82) is 0 Å². The van der Waals surface area contributed by atoms with Gasteiger partial charge in [0.25, 0.3) is 5.91 Å². The van der Waals surface area contributed by atoms with Crippen LogP contribution in [-0.2, 0) is 4.79 Å². The van der Waals surface area contributed by atoms with Crippen LogP contribution in [0.1, 0.15) is 5.56 Å². The van der Waals surface area contributed by atoms with Crippen molar-refractivity contribution in [3.8, 4) is 28.2 Å². The van der Waals surface area contributed by atoms with Gasteiger partial charge < -0.3 is 5.32 Å². The Morgan fingerprint density at radius 1 is 0.806 bits per heavy atom. The number of hydrogen-bond acceptors (Lipinski definition) is 3. The largest absolute Gasteiger partial charge is 0.328 e. The van der Waals surface area contributed by atoms with Crippen LogP contribution in [-0.4, -0.2) is 20.8 Å². The molecule has 1 aromatic heterocycles. The summed E-state index contributed by atoms with van der Waals surface area (Å²) < 4.78 is 1.95. The summed E-state index contributed by atoms with van der Waals surface area (Å²) in [7, 11) is 0. The van der Waals surface area contributed by atoms with Crippen molar-refractivity contribution < 1.29 is 4.79 Å². The maximum atomic E-state index is 11.9. The quantitative estimate of drug-likeness (QED) is 0.374. The van der Waals surface area contributed by atoms with Crippen LogP contribution in [0.3, 0.4) is 0 Å². The summed E-state index contributed by atoms with van der Waals surface area (Å²) in [6.07, 6.45) is 1.77. The van der Waals surface area contributed by atoms with E-state index in [9.17, 15) is 4.79 Å². The summed E-state index contributed by atoms with van der Waals surface area (Å²) in [6.45, 7) is 0. The van der Waals surface area contributed by atoms with Gasteiger partial charge in [0, 0.05) is 11.1 Å². The Bertz CT molecular complexity index is 1290. The number of hydrogen-bond donors (Lipinski definition) is 2. The molecule has 0 bridgehead atoms. The van der Waals surface area contributed by atoms with Crippen LogP contribution in [0.15, 0.2) is 96.7 Å². The van der Waals surface area contributed by atoms with E-state index in [1.807, 2.05) is 65.3 Å². The minimum Gasteiger partial charge on any atom is -0.328 e. The van der Waals surface area contributed by atoms with E-state index in [0.717, 1.165) is 33.8 Å². The van der Waals surface area contributed by atoms with Crippen LogP contribution in [0.2, 0.25) is 0 Å². The summed E-state index contributed by atoms with van der Waals surface area (Å²) in [6, 6.07) is 30.3. The molecule has 0 spiro atoms. The number of carbonyl (C=O) groups excluding carboxylic acids is 1. The monoisotopic (exact) mass is 422 g/mol. The first-order valence-electron chi connectivity index (χ1n) is 9.83. The van der Waals surface area contributed by atoms with Crippen LogP contribution >= 0.6 is 12.2 Å². The van der Waals surface area contributed by atoms with Gasteiger partial charge in [0.15, 0.2) is 5.11 Å². The lowest BCUT2D eigenvalue weighted by Gasteiger charge is -2.08. The molecular formula is C25H18N4OS. The summed E-state index contributed by atoms with van der Waals surface area (Å²) in [4.78, 5) is 11.9. The number of carbonyl (C=O) groups is 1. The van der Waals surface area contributed by atoms with E-state index in [-0.39, 0.29) is 5.91 Å². The van der Waals surface area contributed by atoms with Gasteiger partial charge in [-0.3, -0.25) is 10.1 Å². The normalized spacial score (nSPS) is 14.5. The number of thiocarbonyl (C=S) groups is 1. The number of aromatic nitrogens is 2. The highest BCUT2D eigenvalue weighted by atomic mass is 32.1. The molecule has 1 aliphatic heterocycles. The molecule has 150 valence electrons. The third-order valence-electron chi connectivity index (χ3n) is 5.02. The van der Waals surface area contributed by atoms with Crippen molar-refractivity contribution in [2.75, 3.05) is 0 Å². The van der Waals surface area contributed by atoms with Gasteiger partial charge in [-0.05, 0) is 42.1 Å². The molecule has 5 nitrogen and oxygen atoms in total. The summed E-state index contributed by atoms with van der Waals surface area (Å²) in [5.74, 6) is -0.222. The van der Waals surface area contributed by atoms with Gasteiger partial charge in [0.05, 0.1) is 17.1 Å². The second kappa shape index (κ2) is 8.01. The van der Waals surface area contributed by atoms with E-state index in [1.165, 1.54) is 0 Å². The molecule has 2 N–H and O–H groups in total. The SMILES string of the molecule is O=C1NC(=S)N/C1=C\c1ccc(-n2nc(-c3ccccc3)cc2-c2ccccc2)cc1. The van der Waals surface area contributed by atoms with Crippen molar-refractivity contribution in [3.63, 3.8) is 0 Å². The summed E-state index contributed by atoms with van der Waals surface area (Å²) >= 11 is 4.98. The molecule has 0 atom stereocenters. The van der Waals surface area contributed by atoms with Crippen LogP contribution in [0.25, 0.3) is 34.3 Å². The molecule has 0 aliphatic carbocycles. The van der Waals surface area contributed by atoms with E-state index in [1.54, 1.807) is 6.08 Å². The van der Waals surface area contributed by atoms with Gasteiger partial charge >= 0.3 is 0 Å². The van der Waals surface area contributed by atoms with E-state index in [0.29, 0.717) is 10.8 Å². The Morgan fingerprint density at radius 2 is 1.45 bits per heavy atom. The second-order valence-corrected chi connectivity index (χ2v) is 7.52. The average Bonchev–Trinajstić information content (AvgIpc) is 3.39. The van der Waals surface area contributed by atoms with E-state index >= 15 is 0 Å². The van der Waals surface area contributed by atoms with E-state index < -0.39 is 0 Å². The zero-order valence-corrected chi connectivity index (χ0v) is 17.3. The number of benzene rings is 3. The fourth-order valence-corrected chi connectivity index (χ4v) is 3.71. The van der Waals surface area contributed by atoms with E-state index in [2.05, 4.69) is 41.0 Å². The second-order valence-electron chi connectivity index (χ2n) is 7.12. The molecular weight excluding hydrogens is 404 g/mol. The minimum absolute atomic E-state index is 0.222. The maximum absolute atomic E-state index is 11.9. The Morgan fingerprint density at radius 3 is 2.06 bits per heavy atom. The van der Waals surface area contributed by atoms with Gasteiger partial charge in [0.2, 0.25) is 0 Å². The lowest BCUT2D eigenvalue weighted by Crippen LogP contribution is -2.21. The molecule has 0 unspecified atom stereocenters. The molecule has 4 aromatic rings. The third kappa shape index (κ3) is 3.89. The van der Waals surface area contributed by atoms with E-state index in [4.69, 9.17) is 17.3 Å². The van der Waals surface area contributed by atoms with Gasteiger partial charge in [-0.2, -0.15) is 5.10 Å². The zero-order valence-electron chi connectivity index (χ0n) is 16.4. The molecule has 3 aromatic carbocycles. The molecule has 1 aliphatic rings. The number of nitrogens with one attached hydrogen (secondary N) is 2. The van der Waals surface area contributed by atoms with Crippen LogP contribution < -0.4 is 10.6 Å². The van der Waals surface area contributed by atoms with Crippen molar-refractivity contribution in [3.05, 3.63) is 102 Å². The summed E-state index contributed by atoms with van der Waals surface area (Å²) in [5, 5.41) is 10.6. The molecule has 6 heteroatoms. The predicted octanol–water partition coefficient (Wildman–Crippen LogP) is 4.55. The number of amides is 1. The van der Waals surface area contributed by atoms with Crippen LogP contribution in [0, 0.1) is 0 Å². The highest BCUT2D eigenvalue weighted by molar-refractivity contribution is 7.80. The predicted molar refractivity (Wildman–Crippen MR) is 126 cm³/mol. The zero-order chi connectivity index (χ0) is 21.2. The lowest BCUT2D eigenvalue weighted by molar-refractivity contribution is -0.115. The van der Waals surface area contributed by atoms with Gasteiger partial charge in [-0.1, -0.05) is 72.8 Å². The molecule has 5 rings (SSSR count). The first kappa shape index (κ1) is 19.0. The maximum Gasteiger partial charge on any atom is 0.273 e. The lowest BCUT2D eigenvalue weighted by atomic mass is 10.1. The molecule has 31 heavy (non-hydrogen) atoms.